The second kappa shape index (κ2) is 2.26. The molecule has 1 rings (SSSR count). The van der Waals surface area contributed by atoms with Crippen molar-refractivity contribution in [2.24, 2.45) is 0 Å². The van der Waals surface area contributed by atoms with Crippen molar-refractivity contribution in [3.63, 3.8) is 0 Å². The lowest BCUT2D eigenvalue weighted by Gasteiger charge is -1.88. The molecule has 0 aliphatic heterocycles. The summed E-state index contributed by atoms with van der Waals surface area (Å²) in [4.78, 5) is 9.32. The third-order valence-electron chi connectivity index (χ3n) is 0.838. The van der Waals surface area contributed by atoms with Gasteiger partial charge in [0.15, 0.2) is 0 Å². The molecular weight excluding hydrogens is 138 g/mol. The number of rotatable bonds is 1. The predicted octanol–water partition coefficient (Wildman–Crippen LogP) is 0.0904. The standard InChI is InChI=1S/C4H3N3O3/c8-4-1-3(7(9)10)2-5-6-4/h1-2H,(H,6,8). The summed E-state index contributed by atoms with van der Waals surface area (Å²) in [6.07, 6.45) is 0.958. The van der Waals surface area contributed by atoms with Gasteiger partial charge in [-0.1, -0.05) is 0 Å². The monoisotopic (exact) mass is 141 g/mol. The quantitative estimate of drug-likeness (QED) is 0.442. The third kappa shape index (κ3) is 1.16. The number of nitro groups is 1. The molecule has 0 spiro atoms. The molecule has 0 atom stereocenters. The van der Waals surface area contributed by atoms with Gasteiger partial charge >= 0.3 is 0 Å². The Morgan fingerprint density at radius 3 is 2.80 bits per heavy atom. The van der Waals surface area contributed by atoms with Crippen LogP contribution < -0.4 is 0 Å². The van der Waals surface area contributed by atoms with Gasteiger partial charge in [-0.05, 0) is 0 Å². The summed E-state index contributed by atoms with van der Waals surface area (Å²) < 4.78 is 0. The second-order valence-electron chi connectivity index (χ2n) is 1.53. The molecule has 0 amide bonds. The maximum Gasteiger partial charge on any atom is 0.294 e. The van der Waals surface area contributed by atoms with Crippen LogP contribution in [0.1, 0.15) is 0 Å². The first-order valence-electron chi connectivity index (χ1n) is 2.36. The molecule has 0 aliphatic carbocycles. The van der Waals surface area contributed by atoms with E-state index in [1.54, 1.807) is 0 Å². The summed E-state index contributed by atoms with van der Waals surface area (Å²) in [6, 6.07) is 0.924. The van der Waals surface area contributed by atoms with Gasteiger partial charge in [0.1, 0.15) is 6.20 Å². The van der Waals surface area contributed by atoms with Crippen molar-refractivity contribution in [2.75, 3.05) is 0 Å². The zero-order valence-corrected chi connectivity index (χ0v) is 4.76. The Morgan fingerprint density at radius 1 is 1.70 bits per heavy atom. The van der Waals surface area contributed by atoms with E-state index >= 15 is 0 Å². The smallest absolute Gasteiger partial charge is 0.294 e. The van der Waals surface area contributed by atoms with Crippen LogP contribution in [0.2, 0.25) is 0 Å². The molecule has 0 fully saturated rings. The molecule has 0 unspecified atom stereocenters. The van der Waals surface area contributed by atoms with Gasteiger partial charge in [-0.2, -0.15) is 0 Å². The van der Waals surface area contributed by atoms with E-state index in [-0.39, 0.29) is 5.69 Å². The first kappa shape index (κ1) is 6.40. The molecule has 1 aromatic heterocycles. The average Bonchev–Trinajstić information content (AvgIpc) is 1.88. The molecule has 0 bridgehead atoms. The van der Waals surface area contributed by atoms with Crippen LogP contribution in [0, 0.1) is 10.1 Å². The molecular formula is C4H3N3O3. The molecule has 1 aromatic rings. The van der Waals surface area contributed by atoms with Crippen molar-refractivity contribution in [3.05, 3.63) is 22.4 Å². The van der Waals surface area contributed by atoms with Crippen molar-refractivity contribution in [3.8, 4) is 5.88 Å². The van der Waals surface area contributed by atoms with Gasteiger partial charge in [0.2, 0.25) is 5.88 Å². The summed E-state index contributed by atoms with van der Waals surface area (Å²) in [5.41, 5.74) is -0.271. The van der Waals surface area contributed by atoms with E-state index in [0.717, 1.165) is 12.3 Å². The van der Waals surface area contributed by atoms with E-state index in [1.165, 1.54) is 0 Å². The molecule has 0 radical (unpaired) electrons. The van der Waals surface area contributed by atoms with Gasteiger partial charge in [0.25, 0.3) is 5.69 Å². The van der Waals surface area contributed by atoms with E-state index in [9.17, 15) is 10.1 Å². The lowest BCUT2D eigenvalue weighted by atomic mass is 10.5. The number of aromatic nitrogens is 2. The first-order valence-corrected chi connectivity index (χ1v) is 2.36. The summed E-state index contributed by atoms with van der Waals surface area (Å²) in [5, 5.41) is 24.9. The van der Waals surface area contributed by atoms with Crippen molar-refractivity contribution in [2.45, 2.75) is 0 Å². The lowest BCUT2D eigenvalue weighted by molar-refractivity contribution is -0.385. The number of hydrogen-bond acceptors (Lipinski definition) is 5. The Balaban J connectivity index is 3.07. The topological polar surface area (TPSA) is 89.2 Å². The van der Waals surface area contributed by atoms with Gasteiger partial charge in [0, 0.05) is 0 Å². The molecule has 0 saturated carbocycles. The average molecular weight is 141 g/mol. The van der Waals surface area contributed by atoms with Gasteiger partial charge in [-0.15, -0.1) is 10.2 Å². The Morgan fingerprint density at radius 2 is 2.40 bits per heavy atom. The maximum atomic E-state index is 9.98. The predicted molar refractivity (Wildman–Crippen MR) is 30.4 cm³/mol. The van der Waals surface area contributed by atoms with Crippen LogP contribution in [0.15, 0.2) is 12.3 Å². The highest BCUT2D eigenvalue weighted by Crippen LogP contribution is 2.11. The fourth-order valence-corrected chi connectivity index (χ4v) is 0.445. The van der Waals surface area contributed by atoms with Crippen molar-refractivity contribution >= 4 is 5.69 Å². The SMILES string of the molecule is O=[N+]([O-])c1cnnc(O)c1. The molecule has 10 heavy (non-hydrogen) atoms. The van der Waals surface area contributed by atoms with Crippen LogP contribution in [-0.2, 0) is 0 Å². The Bertz CT molecular complexity index is 262. The van der Waals surface area contributed by atoms with Crippen LogP contribution in [-0.4, -0.2) is 20.2 Å². The van der Waals surface area contributed by atoms with E-state index < -0.39 is 10.8 Å². The van der Waals surface area contributed by atoms with Gasteiger partial charge in [0.05, 0.1) is 11.0 Å². The fourth-order valence-electron chi connectivity index (χ4n) is 0.445. The fraction of sp³-hybridized carbons (Fsp3) is 0. The lowest BCUT2D eigenvalue weighted by Crippen LogP contribution is -1.89. The first-order chi connectivity index (χ1) is 4.70. The minimum absolute atomic E-state index is 0.271. The molecule has 52 valence electrons. The van der Waals surface area contributed by atoms with E-state index in [0.29, 0.717) is 0 Å². The van der Waals surface area contributed by atoms with Crippen molar-refractivity contribution < 1.29 is 10.0 Å². The highest BCUT2D eigenvalue weighted by molar-refractivity contribution is 5.28. The van der Waals surface area contributed by atoms with Gasteiger partial charge < -0.3 is 5.11 Å². The minimum atomic E-state index is -0.658. The van der Waals surface area contributed by atoms with Crippen LogP contribution in [0.5, 0.6) is 5.88 Å². The van der Waals surface area contributed by atoms with E-state index in [2.05, 4.69) is 10.2 Å². The number of nitrogens with zero attached hydrogens (tertiary/aromatic N) is 3. The van der Waals surface area contributed by atoms with Crippen molar-refractivity contribution in [1.29, 1.82) is 0 Å². The summed E-state index contributed by atoms with van der Waals surface area (Å²) in [5.74, 6) is -0.450. The molecule has 0 aliphatic rings. The largest absolute Gasteiger partial charge is 0.492 e. The van der Waals surface area contributed by atoms with Crippen LogP contribution in [0.25, 0.3) is 0 Å². The van der Waals surface area contributed by atoms with Gasteiger partial charge in [-0.25, -0.2) is 0 Å². The summed E-state index contributed by atoms with van der Waals surface area (Å²) >= 11 is 0. The van der Waals surface area contributed by atoms with Crippen LogP contribution in [0.3, 0.4) is 0 Å². The van der Waals surface area contributed by atoms with Crippen molar-refractivity contribution in [1.82, 2.24) is 10.2 Å². The highest BCUT2D eigenvalue weighted by Gasteiger charge is 2.05. The maximum absolute atomic E-state index is 9.98. The summed E-state index contributed by atoms with van der Waals surface area (Å²) in [6.45, 7) is 0. The van der Waals surface area contributed by atoms with Crippen LogP contribution in [0.4, 0.5) is 5.69 Å². The Kier molecular flexibility index (Phi) is 1.44. The molecule has 0 saturated heterocycles. The zero-order chi connectivity index (χ0) is 7.56. The van der Waals surface area contributed by atoms with E-state index in [1.807, 2.05) is 0 Å². The normalized spacial score (nSPS) is 9.20. The Hall–Kier alpha value is -1.72. The molecule has 1 N–H and O–H groups in total. The van der Waals surface area contributed by atoms with E-state index in [4.69, 9.17) is 5.11 Å². The molecule has 6 nitrogen and oxygen atoms in total. The Labute approximate surface area is 55.3 Å². The minimum Gasteiger partial charge on any atom is -0.492 e. The van der Waals surface area contributed by atoms with Gasteiger partial charge in [-0.3, -0.25) is 10.1 Å². The highest BCUT2D eigenvalue weighted by atomic mass is 16.6. The molecule has 6 heteroatoms. The second-order valence-corrected chi connectivity index (χ2v) is 1.53. The number of aromatic hydroxyl groups is 1. The molecule has 1 heterocycles. The summed E-state index contributed by atoms with van der Waals surface area (Å²) in [7, 11) is 0. The number of hydrogen-bond donors (Lipinski definition) is 1. The zero-order valence-electron chi connectivity index (χ0n) is 4.76. The molecule has 0 aromatic carbocycles. The third-order valence-corrected chi connectivity index (χ3v) is 0.838. The van der Waals surface area contributed by atoms with Crippen LogP contribution >= 0.6 is 0 Å².